The highest BCUT2D eigenvalue weighted by Crippen LogP contribution is 2.10. The highest BCUT2D eigenvalue weighted by molar-refractivity contribution is 5.15. The number of aromatic nitrogens is 1. The molecule has 0 fully saturated rings. The van der Waals surface area contributed by atoms with Crippen LogP contribution in [0.5, 0.6) is 5.75 Å². The molecule has 3 heteroatoms. The Morgan fingerprint density at radius 3 is 2.80 bits per heavy atom. The van der Waals surface area contributed by atoms with Crippen LogP contribution in [0, 0.1) is 0 Å². The summed E-state index contributed by atoms with van der Waals surface area (Å²) in [5.41, 5.74) is 0. The number of pyridine rings is 1. The average molecular weight is 208 g/mol. The minimum Gasteiger partial charge on any atom is -0.489 e. The van der Waals surface area contributed by atoms with Gasteiger partial charge in [0.1, 0.15) is 5.75 Å². The molecular weight excluding hydrogens is 188 g/mol. The molecule has 0 saturated heterocycles. The van der Waals surface area contributed by atoms with Crippen LogP contribution in [0.25, 0.3) is 0 Å². The van der Waals surface area contributed by atoms with Crippen LogP contribution in [0.4, 0.5) is 0 Å². The van der Waals surface area contributed by atoms with Crippen LogP contribution < -0.4 is 10.1 Å². The molecule has 0 aromatic carbocycles. The van der Waals surface area contributed by atoms with E-state index in [1.807, 2.05) is 12.1 Å². The minimum atomic E-state index is 0.223. The van der Waals surface area contributed by atoms with Crippen LogP contribution in [0.2, 0.25) is 0 Å². The Kier molecular flexibility index (Phi) is 5.12. The molecule has 1 unspecified atom stereocenters. The van der Waals surface area contributed by atoms with Gasteiger partial charge >= 0.3 is 0 Å². The molecule has 1 atom stereocenters. The molecule has 1 rings (SSSR count). The maximum Gasteiger partial charge on any atom is 0.137 e. The van der Waals surface area contributed by atoms with Gasteiger partial charge in [0, 0.05) is 12.2 Å². The molecule has 0 saturated carbocycles. The van der Waals surface area contributed by atoms with Crippen molar-refractivity contribution >= 4 is 0 Å². The van der Waals surface area contributed by atoms with Gasteiger partial charge in [0.05, 0.1) is 12.3 Å². The lowest BCUT2D eigenvalue weighted by Gasteiger charge is -2.15. The van der Waals surface area contributed by atoms with Gasteiger partial charge in [-0.15, -0.1) is 0 Å². The molecule has 1 aromatic heterocycles. The third-order valence-corrected chi connectivity index (χ3v) is 2.08. The molecule has 0 spiro atoms. The molecule has 1 N–H and O–H groups in total. The van der Waals surface area contributed by atoms with E-state index >= 15 is 0 Å². The van der Waals surface area contributed by atoms with E-state index in [2.05, 4.69) is 31.1 Å². The van der Waals surface area contributed by atoms with E-state index in [4.69, 9.17) is 4.74 Å². The van der Waals surface area contributed by atoms with Gasteiger partial charge in [-0.1, -0.05) is 13.8 Å². The highest BCUT2D eigenvalue weighted by atomic mass is 16.5. The largest absolute Gasteiger partial charge is 0.489 e. The van der Waals surface area contributed by atoms with Crippen molar-refractivity contribution in [3.63, 3.8) is 0 Å². The van der Waals surface area contributed by atoms with Crippen LogP contribution in [-0.2, 0) is 0 Å². The molecule has 0 aliphatic carbocycles. The summed E-state index contributed by atoms with van der Waals surface area (Å²) in [6.45, 7) is 7.35. The maximum absolute atomic E-state index is 5.69. The van der Waals surface area contributed by atoms with E-state index in [0.717, 1.165) is 18.7 Å². The summed E-state index contributed by atoms with van der Waals surface area (Å²) in [6.07, 6.45) is 4.72. The van der Waals surface area contributed by atoms with Crippen molar-refractivity contribution < 1.29 is 4.74 Å². The van der Waals surface area contributed by atoms with Crippen molar-refractivity contribution in [1.29, 1.82) is 0 Å². The molecule has 84 valence electrons. The van der Waals surface area contributed by atoms with Crippen molar-refractivity contribution in [1.82, 2.24) is 10.3 Å². The number of hydrogen-bond acceptors (Lipinski definition) is 3. The summed E-state index contributed by atoms with van der Waals surface area (Å²) in [5.74, 6) is 0.842. The second-order valence-corrected chi connectivity index (χ2v) is 4.01. The third-order valence-electron chi connectivity index (χ3n) is 2.08. The monoisotopic (exact) mass is 208 g/mol. The normalized spacial score (nSPS) is 12.8. The first-order chi connectivity index (χ1) is 7.18. The predicted molar refractivity (Wildman–Crippen MR) is 62.1 cm³/mol. The van der Waals surface area contributed by atoms with Crippen LogP contribution >= 0.6 is 0 Å². The minimum absolute atomic E-state index is 0.223. The summed E-state index contributed by atoms with van der Waals surface area (Å²) < 4.78 is 5.69. The lowest BCUT2D eigenvalue weighted by Crippen LogP contribution is -2.27. The molecule has 1 heterocycles. The van der Waals surface area contributed by atoms with E-state index in [0.29, 0.717) is 6.04 Å². The van der Waals surface area contributed by atoms with Crippen LogP contribution in [0.15, 0.2) is 24.5 Å². The van der Waals surface area contributed by atoms with Crippen LogP contribution in [-0.4, -0.2) is 23.7 Å². The summed E-state index contributed by atoms with van der Waals surface area (Å²) in [6, 6.07) is 4.35. The van der Waals surface area contributed by atoms with Crippen molar-refractivity contribution in [2.75, 3.05) is 6.54 Å². The Balaban J connectivity index is 2.21. The predicted octanol–water partition coefficient (Wildman–Crippen LogP) is 2.24. The Hall–Kier alpha value is -1.09. The van der Waals surface area contributed by atoms with Crippen molar-refractivity contribution in [2.45, 2.75) is 39.3 Å². The van der Waals surface area contributed by atoms with Gasteiger partial charge in [0.25, 0.3) is 0 Å². The summed E-state index contributed by atoms with van der Waals surface area (Å²) in [7, 11) is 0. The fourth-order valence-electron chi connectivity index (χ4n) is 1.28. The fraction of sp³-hybridized carbons (Fsp3) is 0.583. The zero-order valence-corrected chi connectivity index (χ0v) is 9.73. The Labute approximate surface area is 91.9 Å². The van der Waals surface area contributed by atoms with Crippen molar-refractivity contribution in [2.24, 2.45) is 0 Å². The van der Waals surface area contributed by atoms with Crippen molar-refractivity contribution in [3.05, 3.63) is 24.5 Å². The van der Waals surface area contributed by atoms with Gasteiger partial charge in [-0.2, -0.15) is 0 Å². The second-order valence-electron chi connectivity index (χ2n) is 4.01. The Morgan fingerprint density at radius 2 is 2.20 bits per heavy atom. The number of hydrogen-bond donors (Lipinski definition) is 1. The topological polar surface area (TPSA) is 34.1 Å². The van der Waals surface area contributed by atoms with Gasteiger partial charge in [0.2, 0.25) is 0 Å². The summed E-state index contributed by atoms with van der Waals surface area (Å²) >= 11 is 0. The van der Waals surface area contributed by atoms with Gasteiger partial charge < -0.3 is 10.1 Å². The highest BCUT2D eigenvalue weighted by Gasteiger charge is 2.03. The first-order valence-electron chi connectivity index (χ1n) is 5.48. The fourth-order valence-corrected chi connectivity index (χ4v) is 1.28. The number of nitrogens with one attached hydrogen (secondary N) is 1. The molecule has 0 aliphatic heterocycles. The van der Waals surface area contributed by atoms with Gasteiger partial charge in [-0.05, 0) is 32.0 Å². The lowest BCUT2D eigenvalue weighted by atomic mass is 10.2. The zero-order valence-electron chi connectivity index (χ0n) is 9.73. The Bertz CT molecular complexity index is 262. The summed E-state index contributed by atoms with van der Waals surface area (Å²) in [5, 5.41) is 3.37. The molecule has 3 nitrogen and oxygen atoms in total. The molecule has 1 aromatic rings. The molecular formula is C12H20N2O. The SMILES string of the molecule is CC(C)NCCC(C)Oc1cccnc1. The lowest BCUT2D eigenvalue weighted by molar-refractivity contribution is 0.208. The number of nitrogens with zero attached hydrogens (tertiary/aromatic N) is 1. The van der Waals surface area contributed by atoms with E-state index in [-0.39, 0.29) is 6.10 Å². The van der Waals surface area contributed by atoms with Gasteiger partial charge in [-0.3, -0.25) is 4.98 Å². The molecule has 0 radical (unpaired) electrons. The second kappa shape index (κ2) is 6.40. The number of rotatable bonds is 6. The maximum atomic E-state index is 5.69. The smallest absolute Gasteiger partial charge is 0.137 e. The van der Waals surface area contributed by atoms with E-state index in [9.17, 15) is 0 Å². The quantitative estimate of drug-likeness (QED) is 0.778. The molecule has 0 amide bonds. The van der Waals surface area contributed by atoms with Crippen molar-refractivity contribution in [3.8, 4) is 5.75 Å². The molecule has 0 aliphatic rings. The number of ether oxygens (including phenoxy) is 1. The Morgan fingerprint density at radius 1 is 1.40 bits per heavy atom. The van der Waals surface area contributed by atoms with Crippen LogP contribution in [0.3, 0.4) is 0 Å². The van der Waals surface area contributed by atoms with Gasteiger partial charge in [0.15, 0.2) is 0 Å². The first kappa shape index (κ1) is 12.0. The van der Waals surface area contributed by atoms with E-state index in [1.165, 1.54) is 0 Å². The zero-order chi connectivity index (χ0) is 11.1. The third kappa shape index (κ3) is 5.37. The van der Waals surface area contributed by atoms with Gasteiger partial charge in [-0.25, -0.2) is 0 Å². The average Bonchev–Trinajstić information content (AvgIpc) is 2.18. The first-order valence-corrected chi connectivity index (χ1v) is 5.48. The molecule has 15 heavy (non-hydrogen) atoms. The molecule has 0 bridgehead atoms. The van der Waals surface area contributed by atoms with Crippen LogP contribution in [0.1, 0.15) is 27.2 Å². The summed E-state index contributed by atoms with van der Waals surface area (Å²) in [4.78, 5) is 4.01. The van der Waals surface area contributed by atoms with E-state index < -0.39 is 0 Å². The van der Waals surface area contributed by atoms with E-state index in [1.54, 1.807) is 12.4 Å². The standard InChI is InChI=1S/C12H20N2O/c1-10(2)14-8-6-11(3)15-12-5-4-7-13-9-12/h4-5,7,9-11,14H,6,8H2,1-3H3.